The Morgan fingerprint density at radius 2 is 2.21 bits per heavy atom. The predicted molar refractivity (Wildman–Crippen MR) is 81.3 cm³/mol. The van der Waals surface area contributed by atoms with Crippen LogP contribution in [0.15, 0.2) is 18.2 Å². The minimum absolute atomic E-state index is 0.328. The number of ether oxygens (including phenoxy) is 1. The molecule has 1 aliphatic rings. The van der Waals surface area contributed by atoms with E-state index in [0.29, 0.717) is 6.10 Å². The highest BCUT2D eigenvalue weighted by atomic mass is 16.5. The first kappa shape index (κ1) is 14.2. The zero-order valence-electron chi connectivity index (χ0n) is 12.4. The van der Waals surface area contributed by atoms with Crippen molar-refractivity contribution in [1.29, 1.82) is 0 Å². The number of benzene rings is 1. The molecule has 3 heteroatoms. The Labute approximate surface area is 116 Å². The molecule has 2 rings (SSSR count). The molecule has 1 atom stereocenters. The number of anilines is 1. The van der Waals surface area contributed by atoms with E-state index < -0.39 is 0 Å². The average Bonchev–Trinajstić information content (AvgIpc) is 2.43. The molecule has 0 aromatic heterocycles. The molecule has 0 fully saturated rings. The summed E-state index contributed by atoms with van der Waals surface area (Å²) in [5.74, 6) is 1.05. The number of hydrogen-bond donors (Lipinski definition) is 1. The van der Waals surface area contributed by atoms with Gasteiger partial charge in [0.25, 0.3) is 0 Å². The van der Waals surface area contributed by atoms with Crippen molar-refractivity contribution in [3.05, 3.63) is 23.8 Å². The van der Waals surface area contributed by atoms with Crippen molar-refractivity contribution in [1.82, 2.24) is 5.32 Å². The molecular weight excluding hydrogens is 236 g/mol. The Bertz CT molecular complexity index is 406. The van der Waals surface area contributed by atoms with Crippen LogP contribution in [-0.4, -0.2) is 32.3 Å². The summed E-state index contributed by atoms with van der Waals surface area (Å²) in [6.07, 6.45) is 2.57. The third-order valence-corrected chi connectivity index (χ3v) is 3.66. The van der Waals surface area contributed by atoms with Gasteiger partial charge >= 0.3 is 0 Å². The Morgan fingerprint density at radius 1 is 1.37 bits per heavy atom. The van der Waals surface area contributed by atoms with Crippen molar-refractivity contribution in [3.63, 3.8) is 0 Å². The summed E-state index contributed by atoms with van der Waals surface area (Å²) < 4.78 is 6.04. The molecule has 106 valence electrons. The minimum Gasteiger partial charge on any atom is -0.486 e. The van der Waals surface area contributed by atoms with Crippen LogP contribution in [0.3, 0.4) is 0 Å². The highest BCUT2D eigenvalue weighted by molar-refractivity contribution is 5.61. The van der Waals surface area contributed by atoms with Gasteiger partial charge in [0.05, 0.1) is 12.2 Å². The van der Waals surface area contributed by atoms with E-state index in [4.69, 9.17) is 4.74 Å². The summed E-state index contributed by atoms with van der Waals surface area (Å²) in [7, 11) is 0. The molecule has 1 aliphatic heterocycles. The van der Waals surface area contributed by atoms with E-state index in [-0.39, 0.29) is 0 Å². The van der Waals surface area contributed by atoms with E-state index >= 15 is 0 Å². The smallest absolute Gasteiger partial charge is 0.143 e. The van der Waals surface area contributed by atoms with Gasteiger partial charge in [-0.2, -0.15) is 0 Å². The van der Waals surface area contributed by atoms with Gasteiger partial charge in [-0.1, -0.05) is 19.9 Å². The van der Waals surface area contributed by atoms with Gasteiger partial charge in [-0.05, 0) is 50.6 Å². The fourth-order valence-electron chi connectivity index (χ4n) is 2.53. The molecule has 0 saturated heterocycles. The van der Waals surface area contributed by atoms with E-state index in [9.17, 15) is 0 Å². The Morgan fingerprint density at radius 3 is 2.95 bits per heavy atom. The first-order valence-corrected chi connectivity index (χ1v) is 7.47. The number of nitrogens with one attached hydrogen (secondary N) is 1. The molecule has 0 bridgehead atoms. The highest BCUT2D eigenvalue weighted by Gasteiger charge is 2.24. The van der Waals surface area contributed by atoms with E-state index in [1.807, 2.05) is 0 Å². The Balaban J connectivity index is 2.07. The zero-order valence-corrected chi connectivity index (χ0v) is 12.4. The highest BCUT2D eigenvalue weighted by Crippen LogP contribution is 2.34. The van der Waals surface area contributed by atoms with Crippen molar-refractivity contribution in [2.24, 2.45) is 0 Å². The lowest BCUT2D eigenvalue weighted by atomic mass is 10.1. The van der Waals surface area contributed by atoms with Crippen molar-refractivity contribution in [2.45, 2.75) is 39.7 Å². The second-order valence-electron chi connectivity index (χ2n) is 5.27. The van der Waals surface area contributed by atoms with Crippen molar-refractivity contribution in [2.75, 3.05) is 31.1 Å². The lowest BCUT2D eigenvalue weighted by Gasteiger charge is -2.36. The van der Waals surface area contributed by atoms with Crippen LogP contribution in [0.2, 0.25) is 0 Å². The number of nitrogens with zero attached hydrogens (tertiary/aromatic N) is 1. The van der Waals surface area contributed by atoms with Crippen LogP contribution in [0, 0.1) is 6.92 Å². The van der Waals surface area contributed by atoms with Crippen LogP contribution < -0.4 is 15.0 Å². The van der Waals surface area contributed by atoms with Crippen molar-refractivity contribution >= 4 is 5.69 Å². The summed E-state index contributed by atoms with van der Waals surface area (Å²) in [5, 5.41) is 3.39. The molecule has 0 radical (unpaired) electrons. The van der Waals surface area contributed by atoms with Crippen molar-refractivity contribution in [3.8, 4) is 5.75 Å². The molecule has 0 spiro atoms. The first-order chi connectivity index (χ1) is 9.24. The fraction of sp³-hybridized carbons (Fsp3) is 0.625. The maximum Gasteiger partial charge on any atom is 0.143 e. The largest absolute Gasteiger partial charge is 0.486 e. The molecule has 0 saturated carbocycles. The SMILES string of the molecule is CCNCCCN1CC(CC)Oc2ccc(C)cc21. The lowest BCUT2D eigenvalue weighted by Crippen LogP contribution is -2.40. The molecule has 19 heavy (non-hydrogen) atoms. The standard InChI is InChI=1S/C16H26N2O/c1-4-14-12-18(10-6-9-17-5-2)15-11-13(3)7-8-16(15)19-14/h7-8,11,14,17H,4-6,9-10,12H2,1-3H3. The van der Waals surface area contributed by atoms with E-state index in [2.05, 4.69) is 49.2 Å². The average molecular weight is 262 g/mol. The number of aryl methyl sites for hydroxylation is 1. The second-order valence-corrected chi connectivity index (χ2v) is 5.27. The topological polar surface area (TPSA) is 24.5 Å². The molecule has 3 nitrogen and oxygen atoms in total. The van der Waals surface area contributed by atoms with Crippen LogP contribution in [0.25, 0.3) is 0 Å². The first-order valence-electron chi connectivity index (χ1n) is 7.47. The molecule has 1 unspecified atom stereocenters. The van der Waals surface area contributed by atoms with Gasteiger partial charge in [-0.3, -0.25) is 0 Å². The van der Waals surface area contributed by atoms with Gasteiger partial charge in [0, 0.05) is 6.54 Å². The van der Waals surface area contributed by atoms with Crippen LogP contribution >= 0.6 is 0 Å². The quantitative estimate of drug-likeness (QED) is 0.798. The minimum atomic E-state index is 0.328. The van der Waals surface area contributed by atoms with E-state index in [1.165, 1.54) is 17.7 Å². The normalized spacial score (nSPS) is 18.1. The third kappa shape index (κ3) is 3.63. The third-order valence-electron chi connectivity index (χ3n) is 3.66. The van der Waals surface area contributed by atoms with Gasteiger partial charge in [0.2, 0.25) is 0 Å². The summed E-state index contributed by atoms with van der Waals surface area (Å²) in [6.45, 7) is 10.7. The summed E-state index contributed by atoms with van der Waals surface area (Å²) in [6, 6.07) is 6.49. The lowest BCUT2D eigenvalue weighted by molar-refractivity contribution is 0.189. The Hall–Kier alpha value is -1.22. The number of hydrogen-bond acceptors (Lipinski definition) is 3. The maximum atomic E-state index is 6.04. The molecule has 1 N–H and O–H groups in total. The van der Waals surface area contributed by atoms with Crippen molar-refractivity contribution < 1.29 is 4.74 Å². The monoisotopic (exact) mass is 262 g/mol. The fourth-order valence-corrected chi connectivity index (χ4v) is 2.53. The van der Waals surface area contributed by atoms with Crippen LogP contribution in [0.1, 0.15) is 32.3 Å². The number of fused-ring (bicyclic) bond motifs is 1. The molecule has 1 aromatic rings. The Kier molecular flexibility index (Phi) is 5.08. The molecule has 1 heterocycles. The zero-order chi connectivity index (χ0) is 13.7. The van der Waals surface area contributed by atoms with Crippen LogP contribution in [-0.2, 0) is 0 Å². The molecule has 0 amide bonds. The summed E-state index contributed by atoms with van der Waals surface area (Å²) >= 11 is 0. The molecule has 0 aliphatic carbocycles. The van der Waals surface area contributed by atoms with Gasteiger partial charge in [0.15, 0.2) is 0 Å². The summed E-state index contributed by atoms with van der Waals surface area (Å²) in [5.41, 5.74) is 2.56. The summed E-state index contributed by atoms with van der Waals surface area (Å²) in [4.78, 5) is 2.48. The maximum absolute atomic E-state index is 6.04. The van der Waals surface area contributed by atoms with Gasteiger partial charge in [-0.25, -0.2) is 0 Å². The second kappa shape index (κ2) is 6.80. The predicted octanol–water partition coefficient (Wildman–Crippen LogP) is 2.97. The van der Waals surface area contributed by atoms with Crippen LogP contribution in [0.4, 0.5) is 5.69 Å². The molecule has 1 aromatic carbocycles. The van der Waals surface area contributed by atoms with Gasteiger partial charge in [0.1, 0.15) is 11.9 Å². The van der Waals surface area contributed by atoms with E-state index in [0.717, 1.165) is 38.3 Å². The van der Waals surface area contributed by atoms with E-state index in [1.54, 1.807) is 0 Å². The molecular formula is C16H26N2O. The number of rotatable bonds is 6. The van der Waals surface area contributed by atoms with Gasteiger partial charge < -0.3 is 15.0 Å². The van der Waals surface area contributed by atoms with Gasteiger partial charge in [-0.15, -0.1) is 0 Å². The van der Waals surface area contributed by atoms with Crippen LogP contribution in [0.5, 0.6) is 5.75 Å².